The number of carbonyl (C=O) groups excluding carboxylic acids is 1. The maximum absolute atomic E-state index is 12.5. The van der Waals surface area contributed by atoms with Crippen molar-refractivity contribution in [3.05, 3.63) is 41.3 Å². The van der Waals surface area contributed by atoms with Gasteiger partial charge in [-0.25, -0.2) is 4.98 Å². The predicted octanol–water partition coefficient (Wildman–Crippen LogP) is 4.26. The third kappa shape index (κ3) is 5.21. The first-order valence-corrected chi connectivity index (χ1v) is 11.5. The number of oxazole rings is 1. The van der Waals surface area contributed by atoms with Gasteiger partial charge in [0.1, 0.15) is 11.5 Å². The second kappa shape index (κ2) is 9.86. The summed E-state index contributed by atoms with van der Waals surface area (Å²) in [6, 6.07) is 8.17. The quantitative estimate of drug-likeness (QED) is 0.636. The van der Waals surface area contributed by atoms with E-state index in [2.05, 4.69) is 16.4 Å². The molecule has 2 fully saturated rings. The monoisotopic (exact) mass is 440 g/mol. The lowest BCUT2D eigenvalue weighted by molar-refractivity contribution is -0.153. The molecule has 0 spiro atoms. The Bertz CT molecular complexity index is 969. The average Bonchev–Trinajstić information content (AvgIpc) is 3.08. The molecule has 4 atom stereocenters. The number of ether oxygens (including phenoxy) is 1. The maximum atomic E-state index is 12.5. The lowest BCUT2D eigenvalue weighted by atomic mass is 9.73. The minimum Gasteiger partial charge on any atom is -0.481 e. The molecule has 0 bridgehead atoms. The number of nitrogens with zero attached hydrogens (tertiary/aromatic N) is 1. The van der Waals surface area contributed by atoms with Crippen molar-refractivity contribution in [1.82, 2.24) is 10.3 Å². The van der Waals surface area contributed by atoms with Gasteiger partial charge in [0.2, 0.25) is 11.8 Å². The van der Waals surface area contributed by atoms with Crippen LogP contribution < -0.4 is 5.32 Å². The van der Waals surface area contributed by atoms with Gasteiger partial charge in [-0.15, -0.1) is 0 Å². The summed E-state index contributed by atoms with van der Waals surface area (Å²) in [7, 11) is 0. The molecular formula is C25H32N2O5. The number of hydrogen-bond donors (Lipinski definition) is 2. The van der Waals surface area contributed by atoms with Crippen LogP contribution in [0.15, 0.2) is 28.7 Å². The summed E-state index contributed by atoms with van der Waals surface area (Å²) in [5.74, 6) is -0.106. The summed E-state index contributed by atoms with van der Waals surface area (Å²) in [5.41, 5.74) is 2.93. The fourth-order valence-electron chi connectivity index (χ4n) is 4.78. The van der Waals surface area contributed by atoms with Crippen molar-refractivity contribution in [1.29, 1.82) is 0 Å². The molecule has 2 aliphatic carbocycles. The predicted molar refractivity (Wildman–Crippen MR) is 119 cm³/mol. The first-order valence-electron chi connectivity index (χ1n) is 11.5. The molecule has 2 aromatic rings. The molecule has 4 rings (SSSR count). The van der Waals surface area contributed by atoms with Crippen molar-refractivity contribution in [2.75, 3.05) is 6.61 Å². The van der Waals surface area contributed by atoms with Crippen molar-refractivity contribution < 1.29 is 23.8 Å². The fraction of sp³-hybridized carbons (Fsp3) is 0.560. The van der Waals surface area contributed by atoms with Crippen LogP contribution in [0.25, 0.3) is 11.5 Å². The fourth-order valence-corrected chi connectivity index (χ4v) is 4.78. The zero-order valence-electron chi connectivity index (χ0n) is 18.8. The third-order valence-electron chi connectivity index (χ3n) is 6.81. The summed E-state index contributed by atoms with van der Waals surface area (Å²) in [5, 5.41) is 12.3. The maximum Gasteiger partial charge on any atom is 0.307 e. The molecule has 1 aromatic carbocycles. The summed E-state index contributed by atoms with van der Waals surface area (Å²) < 4.78 is 11.8. The SMILES string of the molecule is Cc1cccc(-c2nc(COCC3CCCC(NC(=O)C4CCC4C(=O)O)C3)c(C)o2)c1. The van der Waals surface area contributed by atoms with Gasteiger partial charge in [0.25, 0.3) is 0 Å². The molecular weight excluding hydrogens is 408 g/mol. The normalized spacial score (nSPS) is 25.2. The van der Waals surface area contributed by atoms with Gasteiger partial charge in [0, 0.05) is 18.2 Å². The number of carboxylic acid groups (broad SMARTS) is 1. The van der Waals surface area contributed by atoms with Gasteiger partial charge in [-0.1, -0.05) is 24.1 Å². The Kier molecular flexibility index (Phi) is 6.94. The average molecular weight is 441 g/mol. The first-order chi connectivity index (χ1) is 15.4. The molecule has 172 valence electrons. The lowest BCUT2D eigenvalue weighted by Gasteiger charge is -2.35. The Hall–Kier alpha value is -2.67. The van der Waals surface area contributed by atoms with E-state index in [-0.39, 0.29) is 17.9 Å². The summed E-state index contributed by atoms with van der Waals surface area (Å²) >= 11 is 0. The van der Waals surface area contributed by atoms with E-state index in [1.54, 1.807) is 0 Å². The Labute approximate surface area is 188 Å². The Balaban J connectivity index is 1.25. The molecule has 4 unspecified atom stereocenters. The molecule has 1 aromatic heterocycles. The van der Waals surface area contributed by atoms with Crippen LogP contribution >= 0.6 is 0 Å². The van der Waals surface area contributed by atoms with Crippen molar-refractivity contribution in [3.63, 3.8) is 0 Å². The van der Waals surface area contributed by atoms with Crippen LogP contribution in [-0.4, -0.2) is 34.6 Å². The van der Waals surface area contributed by atoms with Crippen LogP contribution in [0.2, 0.25) is 0 Å². The van der Waals surface area contributed by atoms with Crippen LogP contribution in [0, 0.1) is 31.6 Å². The van der Waals surface area contributed by atoms with E-state index in [1.165, 1.54) is 0 Å². The van der Waals surface area contributed by atoms with Gasteiger partial charge in [-0.05, 0) is 64.0 Å². The van der Waals surface area contributed by atoms with Crippen LogP contribution in [0.1, 0.15) is 55.5 Å². The highest BCUT2D eigenvalue weighted by Gasteiger charge is 2.42. The molecule has 2 N–H and O–H groups in total. The minimum atomic E-state index is -0.861. The molecule has 1 heterocycles. The van der Waals surface area contributed by atoms with E-state index in [4.69, 9.17) is 9.15 Å². The number of carbonyl (C=O) groups is 2. The highest BCUT2D eigenvalue weighted by Crippen LogP contribution is 2.35. The Morgan fingerprint density at radius 3 is 2.72 bits per heavy atom. The molecule has 1 amide bonds. The van der Waals surface area contributed by atoms with Crippen molar-refractivity contribution >= 4 is 11.9 Å². The number of amides is 1. The van der Waals surface area contributed by atoms with E-state index < -0.39 is 11.9 Å². The second-order valence-corrected chi connectivity index (χ2v) is 9.27. The second-order valence-electron chi connectivity index (χ2n) is 9.27. The largest absolute Gasteiger partial charge is 0.481 e. The molecule has 2 aliphatic rings. The van der Waals surface area contributed by atoms with E-state index in [9.17, 15) is 14.7 Å². The highest BCUT2D eigenvalue weighted by atomic mass is 16.5. The number of aromatic nitrogens is 1. The van der Waals surface area contributed by atoms with Crippen LogP contribution in [0.3, 0.4) is 0 Å². The van der Waals surface area contributed by atoms with Gasteiger partial charge in [0.05, 0.1) is 18.4 Å². The van der Waals surface area contributed by atoms with Gasteiger partial charge in [0.15, 0.2) is 0 Å². The number of benzene rings is 1. The topological polar surface area (TPSA) is 102 Å². The van der Waals surface area contributed by atoms with Crippen molar-refractivity contribution in [2.24, 2.45) is 17.8 Å². The van der Waals surface area contributed by atoms with Gasteiger partial charge in [-0.3, -0.25) is 9.59 Å². The molecule has 0 saturated heterocycles. The molecule has 32 heavy (non-hydrogen) atoms. The smallest absolute Gasteiger partial charge is 0.307 e. The third-order valence-corrected chi connectivity index (χ3v) is 6.81. The molecule has 7 heteroatoms. The van der Waals surface area contributed by atoms with Gasteiger partial charge in [-0.2, -0.15) is 0 Å². The van der Waals surface area contributed by atoms with E-state index in [1.807, 2.05) is 32.0 Å². The molecule has 2 saturated carbocycles. The van der Waals surface area contributed by atoms with Crippen molar-refractivity contribution in [3.8, 4) is 11.5 Å². The van der Waals surface area contributed by atoms with Crippen LogP contribution in [0.5, 0.6) is 0 Å². The number of rotatable bonds is 8. The summed E-state index contributed by atoms with van der Waals surface area (Å²) in [4.78, 5) is 28.3. The van der Waals surface area contributed by atoms with Crippen molar-refractivity contribution in [2.45, 2.75) is 65.0 Å². The number of aryl methyl sites for hydroxylation is 2. The first kappa shape index (κ1) is 22.5. The number of carboxylic acids is 1. The van der Waals surface area contributed by atoms with Crippen LogP contribution in [-0.2, 0) is 20.9 Å². The molecule has 0 aliphatic heterocycles. The Morgan fingerprint density at radius 2 is 2.00 bits per heavy atom. The molecule has 0 radical (unpaired) electrons. The van der Waals surface area contributed by atoms with E-state index in [0.717, 1.165) is 48.3 Å². The summed E-state index contributed by atoms with van der Waals surface area (Å²) in [6.45, 7) is 4.96. The Morgan fingerprint density at radius 1 is 1.19 bits per heavy atom. The lowest BCUT2D eigenvalue weighted by Crippen LogP contribution is -2.48. The number of aliphatic carboxylic acids is 1. The highest BCUT2D eigenvalue weighted by molar-refractivity contribution is 5.86. The zero-order valence-corrected chi connectivity index (χ0v) is 18.8. The number of hydrogen-bond acceptors (Lipinski definition) is 5. The summed E-state index contributed by atoms with van der Waals surface area (Å²) in [6.07, 6.45) is 5.18. The van der Waals surface area contributed by atoms with Gasteiger partial charge < -0.3 is 19.6 Å². The van der Waals surface area contributed by atoms with Gasteiger partial charge >= 0.3 is 5.97 Å². The molecule has 7 nitrogen and oxygen atoms in total. The standard InChI is InChI=1S/C25H32N2O5/c1-15-5-3-7-18(11-15)24-27-22(16(2)32-24)14-31-13-17-6-4-8-19(12-17)26-23(28)20-9-10-21(20)25(29)30/h3,5,7,11,17,19-21H,4,6,8-10,12-14H2,1-2H3,(H,26,28)(H,29,30). The zero-order chi connectivity index (χ0) is 22.7. The van der Waals surface area contributed by atoms with E-state index in [0.29, 0.717) is 37.9 Å². The number of nitrogens with one attached hydrogen (secondary N) is 1. The van der Waals surface area contributed by atoms with Crippen LogP contribution in [0.4, 0.5) is 0 Å². The van der Waals surface area contributed by atoms with E-state index >= 15 is 0 Å². The minimum absolute atomic E-state index is 0.0987.